The molecule has 0 heterocycles. The van der Waals surface area contributed by atoms with Gasteiger partial charge in [-0.25, -0.2) is 4.79 Å². The van der Waals surface area contributed by atoms with Gasteiger partial charge in [-0.15, -0.1) is 0 Å². The van der Waals surface area contributed by atoms with E-state index < -0.39 is 5.97 Å². The van der Waals surface area contributed by atoms with E-state index in [0.717, 1.165) is 6.42 Å². The quantitative estimate of drug-likeness (QED) is 0.777. The SMILES string of the molecule is CCc1ccc(NC(=O)COC(=O)c2ccc(OC(C)C)cc2)cc1. The summed E-state index contributed by atoms with van der Waals surface area (Å²) in [7, 11) is 0. The Morgan fingerprint density at radius 1 is 1.00 bits per heavy atom. The average Bonchev–Trinajstić information content (AvgIpc) is 2.60. The maximum Gasteiger partial charge on any atom is 0.338 e. The third-order valence-corrected chi connectivity index (χ3v) is 3.44. The molecule has 2 aromatic carbocycles. The average molecular weight is 341 g/mol. The Balaban J connectivity index is 1.83. The van der Waals surface area contributed by atoms with Crippen LogP contribution in [0.2, 0.25) is 0 Å². The van der Waals surface area contributed by atoms with Crippen LogP contribution in [0.4, 0.5) is 5.69 Å². The summed E-state index contributed by atoms with van der Waals surface area (Å²) >= 11 is 0. The fourth-order valence-corrected chi connectivity index (χ4v) is 2.18. The van der Waals surface area contributed by atoms with E-state index in [1.54, 1.807) is 24.3 Å². The predicted molar refractivity (Wildman–Crippen MR) is 96.9 cm³/mol. The first-order chi connectivity index (χ1) is 12.0. The van der Waals surface area contributed by atoms with E-state index in [4.69, 9.17) is 9.47 Å². The number of ether oxygens (including phenoxy) is 2. The molecule has 1 amide bonds. The van der Waals surface area contributed by atoms with Crippen LogP contribution >= 0.6 is 0 Å². The van der Waals surface area contributed by atoms with Crippen LogP contribution in [0.5, 0.6) is 5.75 Å². The number of hydrogen-bond donors (Lipinski definition) is 1. The maximum absolute atomic E-state index is 12.0. The highest BCUT2D eigenvalue weighted by molar-refractivity contribution is 5.95. The monoisotopic (exact) mass is 341 g/mol. The zero-order chi connectivity index (χ0) is 18.2. The van der Waals surface area contributed by atoms with Crippen LogP contribution in [0.3, 0.4) is 0 Å². The van der Waals surface area contributed by atoms with Gasteiger partial charge in [0.1, 0.15) is 5.75 Å². The summed E-state index contributed by atoms with van der Waals surface area (Å²) < 4.78 is 10.5. The minimum atomic E-state index is -0.549. The van der Waals surface area contributed by atoms with Gasteiger partial charge in [-0.05, 0) is 62.2 Å². The van der Waals surface area contributed by atoms with Crippen LogP contribution < -0.4 is 10.1 Å². The molecule has 0 aliphatic heterocycles. The molecule has 2 rings (SSSR count). The van der Waals surface area contributed by atoms with Gasteiger partial charge >= 0.3 is 5.97 Å². The predicted octanol–water partition coefficient (Wildman–Crippen LogP) is 3.83. The summed E-state index contributed by atoms with van der Waals surface area (Å²) in [6.07, 6.45) is 1.00. The zero-order valence-corrected chi connectivity index (χ0v) is 14.7. The second kappa shape index (κ2) is 8.87. The number of hydrogen-bond acceptors (Lipinski definition) is 4. The number of rotatable bonds is 7. The summed E-state index contributed by atoms with van der Waals surface area (Å²) in [5.74, 6) is -0.246. The van der Waals surface area contributed by atoms with Gasteiger partial charge in [0.05, 0.1) is 11.7 Å². The molecular formula is C20H23NO4. The lowest BCUT2D eigenvalue weighted by atomic mass is 10.1. The number of amides is 1. The van der Waals surface area contributed by atoms with Crippen molar-refractivity contribution in [3.05, 3.63) is 59.7 Å². The third-order valence-electron chi connectivity index (χ3n) is 3.44. The molecule has 0 atom stereocenters. The maximum atomic E-state index is 12.0. The topological polar surface area (TPSA) is 64.6 Å². The summed E-state index contributed by atoms with van der Waals surface area (Å²) in [6, 6.07) is 14.2. The van der Waals surface area contributed by atoms with Crippen molar-refractivity contribution in [2.24, 2.45) is 0 Å². The number of esters is 1. The van der Waals surface area contributed by atoms with Crippen molar-refractivity contribution < 1.29 is 19.1 Å². The van der Waals surface area contributed by atoms with E-state index in [1.807, 2.05) is 38.1 Å². The molecule has 0 aromatic heterocycles. The second-order valence-electron chi connectivity index (χ2n) is 5.87. The van der Waals surface area contributed by atoms with Crippen molar-refractivity contribution >= 4 is 17.6 Å². The van der Waals surface area contributed by atoms with Crippen LogP contribution in [0.25, 0.3) is 0 Å². The Hall–Kier alpha value is -2.82. The number of aryl methyl sites for hydroxylation is 1. The summed E-state index contributed by atoms with van der Waals surface area (Å²) in [5.41, 5.74) is 2.24. The minimum Gasteiger partial charge on any atom is -0.491 e. The summed E-state index contributed by atoms with van der Waals surface area (Å²) in [6.45, 7) is 5.58. The van der Waals surface area contributed by atoms with Crippen LogP contribution in [0, 0.1) is 0 Å². The standard InChI is InChI=1S/C20H23NO4/c1-4-15-5-9-17(10-6-15)21-19(22)13-24-20(23)16-7-11-18(12-8-16)25-14(2)3/h5-12,14H,4,13H2,1-3H3,(H,21,22). The molecule has 25 heavy (non-hydrogen) atoms. The molecule has 0 bridgehead atoms. The molecule has 0 aliphatic carbocycles. The first-order valence-electron chi connectivity index (χ1n) is 8.30. The van der Waals surface area contributed by atoms with E-state index >= 15 is 0 Å². The van der Waals surface area contributed by atoms with Gasteiger partial charge in [-0.3, -0.25) is 4.79 Å². The largest absolute Gasteiger partial charge is 0.491 e. The third kappa shape index (κ3) is 5.95. The van der Waals surface area contributed by atoms with Gasteiger partial charge in [0, 0.05) is 5.69 Å². The lowest BCUT2D eigenvalue weighted by Crippen LogP contribution is -2.20. The summed E-state index contributed by atoms with van der Waals surface area (Å²) in [4.78, 5) is 23.8. The normalized spacial score (nSPS) is 10.4. The van der Waals surface area contributed by atoms with Gasteiger partial charge in [-0.2, -0.15) is 0 Å². The molecule has 0 saturated heterocycles. The Labute approximate surface area is 148 Å². The van der Waals surface area contributed by atoms with Crippen molar-refractivity contribution in [2.45, 2.75) is 33.3 Å². The first-order valence-corrected chi connectivity index (χ1v) is 8.30. The smallest absolute Gasteiger partial charge is 0.338 e. The highest BCUT2D eigenvalue weighted by Gasteiger charge is 2.11. The molecule has 0 fully saturated rings. The molecule has 0 aliphatic rings. The Morgan fingerprint density at radius 2 is 1.64 bits per heavy atom. The van der Waals surface area contributed by atoms with Crippen molar-refractivity contribution in [1.29, 1.82) is 0 Å². The highest BCUT2D eigenvalue weighted by atomic mass is 16.5. The summed E-state index contributed by atoms with van der Waals surface area (Å²) in [5, 5.41) is 2.69. The highest BCUT2D eigenvalue weighted by Crippen LogP contribution is 2.14. The number of benzene rings is 2. The lowest BCUT2D eigenvalue weighted by molar-refractivity contribution is -0.119. The Kier molecular flexibility index (Phi) is 6.57. The van der Waals surface area contributed by atoms with E-state index in [0.29, 0.717) is 17.0 Å². The number of carbonyl (C=O) groups is 2. The molecule has 5 heteroatoms. The van der Waals surface area contributed by atoms with E-state index in [1.165, 1.54) is 5.56 Å². The van der Waals surface area contributed by atoms with Crippen LogP contribution in [0.1, 0.15) is 36.7 Å². The molecular weight excluding hydrogens is 318 g/mol. The fourth-order valence-electron chi connectivity index (χ4n) is 2.18. The van der Waals surface area contributed by atoms with Crippen molar-refractivity contribution in [3.63, 3.8) is 0 Å². The fraction of sp³-hybridized carbons (Fsp3) is 0.300. The van der Waals surface area contributed by atoms with Crippen LogP contribution in [-0.2, 0) is 16.0 Å². The minimum absolute atomic E-state index is 0.0629. The number of carbonyl (C=O) groups excluding carboxylic acids is 2. The van der Waals surface area contributed by atoms with Crippen LogP contribution in [-0.4, -0.2) is 24.6 Å². The van der Waals surface area contributed by atoms with E-state index in [2.05, 4.69) is 12.2 Å². The zero-order valence-electron chi connectivity index (χ0n) is 14.7. The number of anilines is 1. The molecule has 1 N–H and O–H groups in total. The number of nitrogens with one attached hydrogen (secondary N) is 1. The van der Waals surface area contributed by atoms with E-state index in [-0.39, 0.29) is 18.6 Å². The Morgan fingerprint density at radius 3 is 2.20 bits per heavy atom. The molecule has 0 unspecified atom stereocenters. The van der Waals surface area contributed by atoms with Crippen molar-refractivity contribution in [2.75, 3.05) is 11.9 Å². The molecule has 0 radical (unpaired) electrons. The van der Waals surface area contributed by atoms with Crippen molar-refractivity contribution in [1.82, 2.24) is 0 Å². The molecule has 132 valence electrons. The van der Waals surface area contributed by atoms with Gasteiger partial charge in [0.2, 0.25) is 0 Å². The second-order valence-corrected chi connectivity index (χ2v) is 5.87. The van der Waals surface area contributed by atoms with E-state index in [9.17, 15) is 9.59 Å². The molecule has 2 aromatic rings. The van der Waals surface area contributed by atoms with Gasteiger partial charge in [-0.1, -0.05) is 19.1 Å². The first kappa shape index (κ1) is 18.5. The van der Waals surface area contributed by atoms with Crippen molar-refractivity contribution in [3.8, 4) is 5.75 Å². The Bertz CT molecular complexity index is 705. The van der Waals surface area contributed by atoms with Crippen LogP contribution in [0.15, 0.2) is 48.5 Å². The van der Waals surface area contributed by atoms with Gasteiger partial charge < -0.3 is 14.8 Å². The molecule has 0 saturated carbocycles. The molecule has 0 spiro atoms. The van der Waals surface area contributed by atoms with Gasteiger partial charge in [0.25, 0.3) is 5.91 Å². The van der Waals surface area contributed by atoms with Gasteiger partial charge in [0.15, 0.2) is 6.61 Å². The molecule has 5 nitrogen and oxygen atoms in total. The lowest BCUT2D eigenvalue weighted by Gasteiger charge is -2.10.